The molecule has 0 heterocycles. The summed E-state index contributed by atoms with van der Waals surface area (Å²) in [4.78, 5) is 12.3. The molecule has 0 bridgehead atoms. The van der Waals surface area contributed by atoms with Crippen molar-refractivity contribution in [1.29, 1.82) is 0 Å². The summed E-state index contributed by atoms with van der Waals surface area (Å²) in [6, 6.07) is 7.93. The lowest BCUT2D eigenvalue weighted by Crippen LogP contribution is -2.07. The van der Waals surface area contributed by atoms with E-state index in [1.165, 1.54) is 0 Å². The van der Waals surface area contributed by atoms with Crippen LogP contribution in [0.2, 0.25) is 0 Å². The Morgan fingerprint density at radius 2 is 1.93 bits per heavy atom. The van der Waals surface area contributed by atoms with Crippen LogP contribution in [0.15, 0.2) is 30.3 Å². The van der Waals surface area contributed by atoms with Crippen molar-refractivity contribution in [3.05, 3.63) is 35.9 Å². The third-order valence-corrected chi connectivity index (χ3v) is 2.01. The molecule has 15 heavy (non-hydrogen) atoms. The smallest absolute Gasteiger partial charge is 0.307 e. The fourth-order valence-corrected chi connectivity index (χ4v) is 1.18. The lowest BCUT2D eigenvalue weighted by molar-refractivity contribution is -0.135. The molecule has 0 unspecified atom stereocenters. The summed E-state index contributed by atoms with van der Waals surface area (Å²) in [5.41, 5.74) is 2.15. The SMILES string of the molecule is CN(C)c1ccc(/C=C/CC(=O)O)cc1. The molecule has 0 fully saturated rings. The van der Waals surface area contributed by atoms with Gasteiger partial charge in [0.2, 0.25) is 0 Å². The molecule has 0 spiro atoms. The first kappa shape index (κ1) is 11.3. The van der Waals surface area contributed by atoms with Gasteiger partial charge in [-0.3, -0.25) is 4.79 Å². The number of nitrogens with zero attached hydrogens (tertiary/aromatic N) is 1. The minimum atomic E-state index is -0.809. The van der Waals surface area contributed by atoms with E-state index >= 15 is 0 Å². The van der Waals surface area contributed by atoms with E-state index in [4.69, 9.17) is 5.11 Å². The fraction of sp³-hybridized carbons (Fsp3) is 0.250. The summed E-state index contributed by atoms with van der Waals surface area (Å²) in [6.45, 7) is 0. The van der Waals surface area contributed by atoms with Crippen molar-refractivity contribution >= 4 is 17.7 Å². The fourth-order valence-electron chi connectivity index (χ4n) is 1.18. The molecular formula is C12H15NO2. The van der Waals surface area contributed by atoms with E-state index in [1.54, 1.807) is 6.08 Å². The van der Waals surface area contributed by atoms with Crippen LogP contribution in [-0.2, 0) is 4.79 Å². The van der Waals surface area contributed by atoms with Gasteiger partial charge in [0, 0.05) is 19.8 Å². The number of hydrogen-bond donors (Lipinski definition) is 1. The summed E-state index contributed by atoms with van der Waals surface area (Å²) in [7, 11) is 3.96. The highest BCUT2D eigenvalue weighted by molar-refractivity contribution is 5.70. The van der Waals surface area contributed by atoms with Crippen LogP contribution in [0, 0.1) is 0 Å². The van der Waals surface area contributed by atoms with Crippen molar-refractivity contribution in [1.82, 2.24) is 0 Å². The largest absolute Gasteiger partial charge is 0.481 e. The number of hydrogen-bond acceptors (Lipinski definition) is 2. The lowest BCUT2D eigenvalue weighted by Gasteiger charge is -2.11. The van der Waals surface area contributed by atoms with Crippen molar-refractivity contribution < 1.29 is 9.90 Å². The van der Waals surface area contributed by atoms with E-state index in [9.17, 15) is 4.79 Å². The van der Waals surface area contributed by atoms with E-state index in [1.807, 2.05) is 49.3 Å². The highest BCUT2D eigenvalue weighted by Crippen LogP contribution is 2.13. The Morgan fingerprint density at radius 3 is 2.40 bits per heavy atom. The second-order valence-corrected chi connectivity index (χ2v) is 3.49. The number of carboxylic acid groups (broad SMARTS) is 1. The molecule has 0 aliphatic heterocycles. The second-order valence-electron chi connectivity index (χ2n) is 3.49. The summed E-state index contributed by atoms with van der Waals surface area (Å²) >= 11 is 0. The second kappa shape index (κ2) is 5.20. The van der Waals surface area contributed by atoms with E-state index in [2.05, 4.69) is 0 Å². The zero-order valence-electron chi connectivity index (χ0n) is 8.97. The third kappa shape index (κ3) is 3.85. The molecule has 0 aliphatic carbocycles. The van der Waals surface area contributed by atoms with Gasteiger partial charge in [-0.25, -0.2) is 0 Å². The molecule has 1 N–H and O–H groups in total. The summed E-state index contributed by atoms with van der Waals surface area (Å²) in [6.07, 6.45) is 3.52. The first-order valence-corrected chi connectivity index (χ1v) is 4.75. The van der Waals surface area contributed by atoms with Gasteiger partial charge in [-0.15, -0.1) is 0 Å². The standard InChI is InChI=1S/C12H15NO2/c1-13(2)11-8-6-10(7-9-11)4-3-5-12(14)15/h3-4,6-9H,5H2,1-2H3,(H,14,15)/b4-3+. The zero-order chi connectivity index (χ0) is 11.3. The maximum absolute atomic E-state index is 10.3. The van der Waals surface area contributed by atoms with Gasteiger partial charge in [-0.1, -0.05) is 24.3 Å². The van der Waals surface area contributed by atoms with Crippen molar-refractivity contribution in [2.45, 2.75) is 6.42 Å². The molecule has 3 nitrogen and oxygen atoms in total. The summed E-state index contributed by atoms with van der Waals surface area (Å²) < 4.78 is 0. The predicted octanol–water partition coefficient (Wildman–Crippen LogP) is 2.24. The number of benzene rings is 1. The molecule has 1 aromatic carbocycles. The maximum Gasteiger partial charge on any atom is 0.307 e. The molecule has 1 rings (SSSR count). The van der Waals surface area contributed by atoms with Crippen molar-refractivity contribution in [3.63, 3.8) is 0 Å². The minimum Gasteiger partial charge on any atom is -0.481 e. The van der Waals surface area contributed by atoms with Gasteiger partial charge >= 0.3 is 5.97 Å². The Kier molecular flexibility index (Phi) is 3.92. The molecule has 0 saturated heterocycles. The van der Waals surface area contributed by atoms with Crippen molar-refractivity contribution in [2.24, 2.45) is 0 Å². The number of carbonyl (C=O) groups is 1. The molecule has 0 aromatic heterocycles. The Labute approximate surface area is 89.6 Å². The predicted molar refractivity (Wildman–Crippen MR) is 62.1 cm³/mol. The van der Waals surface area contributed by atoms with Crippen LogP contribution in [0.4, 0.5) is 5.69 Å². The van der Waals surface area contributed by atoms with Crippen LogP contribution in [0.25, 0.3) is 6.08 Å². The van der Waals surface area contributed by atoms with Gasteiger partial charge in [0.05, 0.1) is 6.42 Å². The maximum atomic E-state index is 10.3. The number of aliphatic carboxylic acids is 1. The van der Waals surface area contributed by atoms with Crippen LogP contribution in [0.1, 0.15) is 12.0 Å². The van der Waals surface area contributed by atoms with E-state index in [0.717, 1.165) is 11.3 Å². The Bertz CT molecular complexity index is 352. The van der Waals surface area contributed by atoms with E-state index < -0.39 is 5.97 Å². The molecule has 1 aromatic rings. The zero-order valence-corrected chi connectivity index (χ0v) is 8.97. The molecule has 0 amide bonds. The first-order valence-electron chi connectivity index (χ1n) is 4.75. The topological polar surface area (TPSA) is 40.5 Å². The highest BCUT2D eigenvalue weighted by atomic mass is 16.4. The van der Waals surface area contributed by atoms with Gasteiger partial charge in [0.25, 0.3) is 0 Å². The van der Waals surface area contributed by atoms with Crippen LogP contribution >= 0.6 is 0 Å². The molecule has 3 heteroatoms. The van der Waals surface area contributed by atoms with Gasteiger partial charge < -0.3 is 10.0 Å². The normalized spacial score (nSPS) is 10.5. The average molecular weight is 205 g/mol. The highest BCUT2D eigenvalue weighted by Gasteiger charge is 1.94. The molecule has 0 radical (unpaired) electrons. The Hall–Kier alpha value is -1.77. The van der Waals surface area contributed by atoms with Crippen molar-refractivity contribution in [3.8, 4) is 0 Å². The Balaban J connectivity index is 2.64. The van der Waals surface area contributed by atoms with Crippen LogP contribution in [0.3, 0.4) is 0 Å². The van der Waals surface area contributed by atoms with E-state index in [0.29, 0.717) is 0 Å². The lowest BCUT2D eigenvalue weighted by atomic mass is 10.2. The Morgan fingerprint density at radius 1 is 1.33 bits per heavy atom. The molecule has 0 atom stereocenters. The molecule has 80 valence electrons. The average Bonchev–Trinajstić information content (AvgIpc) is 2.18. The van der Waals surface area contributed by atoms with Gasteiger partial charge in [0.1, 0.15) is 0 Å². The monoisotopic (exact) mass is 205 g/mol. The van der Waals surface area contributed by atoms with Gasteiger partial charge in [-0.2, -0.15) is 0 Å². The summed E-state index contributed by atoms with van der Waals surface area (Å²) in [5, 5.41) is 8.45. The van der Waals surface area contributed by atoms with E-state index in [-0.39, 0.29) is 6.42 Å². The quantitative estimate of drug-likeness (QED) is 0.819. The summed E-state index contributed by atoms with van der Waals surface area (Å²) in [5.74, 6) is -0.809. The van der Waals surface area contributed by atoms with Crippen LogP contribution in [-0.4, -0.2) is 25.2 Å². The molecular weight excluding hydrogens is 190 g/mol. The number of rotatable bonds is 4. The van der Waals surface area contributed by atoms with Crippen molar-refractivity contribution in [2.75, 3.05) is 19.0 Å². The number of anilines is 1. The third-order valence-electron chi connectivity index (χ3n) is 2.01. The van der Waals surface area contributed by atoms with Crippen LogP contribution < -0.4 is 4.90 Å². The van der Waals surface area contributed by atoms with Gasteiger partial charge in [-0.05, 0) is 17.7 Å². The molecule has 0 aliphatic rings. The first-order chi connectivity index (χ1) is 7.09. The molecule has 0 saturated carbocycles. The van der Waals surface area contributed by atoms with Gasteiger partial charge in [0.15, 0.2) is 0 Å². The number of carboxylic acids is 1. The minimum absolute atomic E-state index is 0.0649. The van der Waals surface area contributed by atoms with Crippen LogP contribution in [0.5, 0.6) is 0 Å².